The molecule has 72 valence electrons. The van der Waals surface area contributed by atoms with E-state index >= 15 is 0 Å². The number of nitrogens with zero attached hydrogens (tertiary/aromatic N) is 1. The molecular weight excluding hydrogens is 202 g/mol. The van der Waals surface area contributed by atoms with Gasteiger partial charge in [0.1, 0.15) is 5.52 Å². The summed E-state index contributed by atoms with van der Waals surface area (Å²) in [5.74, 6) is -0.622. The molecule has 0 aliphatic carbocycles. The Bertz CT molecular complexity index is 492. The van der Waals surface area contributed by atoms with Gasteiger partial charge in [0.2, 0.25) is 0 Å². The molecule has 0 aliphatic heterocycles. The summed E-state index contributed by atoms with van der Waals surface area (Å²) < 4.78 is 9.65. The fourth-order valence-electron chi connectivity index (χ4n) is 1.09. The lowest BCUT2D eigenvalue weighted by Gasteiger charge is -1.89. The largest absolute Gasteiger partial charge is 0.462 e. The third kappa shape index (κ3) is 1.46. The Balaban J connectivity index is 2.56. The smallest absolute Gasteiger partial charge is 0.394 e. The normalized spacial score (nSPS) is 10.4. The number of ether oxygens (including phenoxy) is 1. The van der Waals surface area contributed by atoms with Gasteiger partial charge in [0.25, 0.3) is 0 Å². The molecule has 2 aromatic rings. The summed E-state index contributed by atoms with van der Waals surface area (Å²) in [6.07, 6.45) is 0. The second-order valence-corrected chi connectivity index (χ2v) is 3.18. The van der Waals surface area contributed by atoms with E-state index in [2.05, 4.69) is 22.3 Å². The minimum Gasteiger partial charge on any atom is -0.462 e. The lowest BCUT2D eigenvalue weighted by molar-refractivity contribution is 0.0558. The molecule has 4 nitrogen and oxygen atoms in total. The van der Waals surface area contributed by atoms with E-state index in [4.69, 9.17) is 4.42 Å². The van der Waals surface area contributed by atoms with E-state index in [0.29, 0.717) is 11.1 Å². The van der Waals surface area contributed by atoms with Gasteiger partial charge in [-0.25, -0.2) is 9.78 Å². The van der Waals surface area contributed by atoms with Crippen LogP contribution in [0.4, 0.5) is 0 Å². The molecule has 0 N–H and O–H groups in total. The van der Waals surface area contributed by atoms with E-state index in [1.54, 1.807) is 18.2 Å². The van der Waals surface area contributed by atoms with Crippen LogP contribution in [-0.4, -0.2) is 18.1 Å². The van der Waals surface area contributed by atoms with Gasteiger partial charge in [0.05, 0.1) is 7.11 Å². The summed E-state index contributed by atoms with van der Waals surface area (Å²) in [5.41, 5.74) is 1.14. The van der Waals surface area contributed by atoms with Gasteiger partial charge in [0.15, 0.2) is 5.58 Å². The van der Waals surface area contributed by atoms with Gasteiger partial charge in [-0.3, -0.25) is 0 Å². The molecule has 0 atom stereocenters. The van der Waals surface area contributed by atoms with Crippen molar-refractivity contribution in [2.75, 3.05) is 7.11 Å². The summed E-state index contributed by atoms with van der Waals surface area (Å²) >= 11 is 4.14. The Labute approximate surface area is 85.3 Å². The predicted octanol–water partition coefficient (Wildman–Crippen LogP) is 1.90. The number of carbonyl (C=O) groups excluding carboxylic acids is 1. The zero-order valence-corrected chi connectivity index (χ0v) is 8.25. The molecular formula is C9H7NO3S. The standard InChI is InChI=1S/C9H7NO3S/c1-12-9(11)8-10-6-3-2-5(14)4-7(6)13-8/h2-4,14H,1H3. The molecule has 0 amide bonds. The average Bonchev–Trinajstić information content (AvgIpc) is 2.59. The monoisotopic (exact) mass is 209 g/mol. The summed E-state index contributed by atoms with van der Waals surface area (Å²) in [7, 11) is 1.28. The van der Waals surface area contributed by atoms with Crippen LogP contribution in [-0.2, 0) is 4.74 Å². The Morgan fingerprint density at radius 1 is 1.57 bits per heavy atom. The van der Waals surface area contributed by atoms with Crippen LogP contribution in [0.15, 0.2) is 27.5 Å². The van der Waals surface area contributed by atoms with Crippen LogP contribution in [0.2, 0.25) is 0 Å². The van der Waals surface area contributed by atoms with Crippen molar-refractivity contribution in [3.05, 3.63) is 24.1 Å². The molecule has 2 rings (SSSR count). The third-order valence-corrected chi connectivity index (χ3v) is 2.01. The second-order valence-electron chi connectivity index (χ2n) is 2.66. The fraction of sp³-hybridized carbons (Fsp3) is 0.111. The van der Waals surface area contributed by atoms with E-state index < -0.39 is 5.97 Å². The number of carbonyl (C=O) groups is 1. The number of thiol groups is 1. The van der Waals surface area contributed by atoms with Gasteiger partial charge in [0, 0.05) is 4.90 Å². The number of hydrogen-bond acceptors (Lipinski definition) is 5. The molecule has 5 heteroatoms. The summed E-state index contributed by atoms with van der Waals surface area (Å²) in [6, 6.07) is 5.19. The first kappa shape index (κ1) is 9.08. The maximum absolute atomic E-state index is 11.1. The maximum Gasteiger partial charge on any atom is 0.394 e. The van der Waals surface area contributed by atoms with E-state index in [1.807, 2.05) is 0 Å². The summed E-state index contributed by atoms with van der Waals surface area (Å²) in [6.45, 7) is 0. The van der Waals surface area contributed by atoms with Crippen molar-refractivity contribution < 1.29 is 13.9 Å². The molecule has 1 aromatic carbocycles. The lowest BCUT2D eigenvalue weighted by atomic mass is 10.3. The van der Waals surface area contributed by atoms with Crippen LogP contribution in [0.25, 0.3) is 11.1 Å². The lowest BCUT2D eigenvalue weighted by Crippen LogP contribution is -2.00. The van der Waals surface area contributed by atoms with Gasteiger partial charge < -0.3 is 9.15 Å². The number of methoxy groups -OCH3 is 1. The minimum atomic E-state index is -0.582. The molecule has 1 aromatic heterocycles. The Morgan fingerprint density at radius 3 is 3.07 bits per heavy atom. The van der Waals surface area contributed by atoms with Gasteiger partial charge in [-0.15, -0.1) is 12.6 Å². The van der Waals surface area contributed by atoms with Crippen molar-refractivity contribution in [3.8, 4) is 0 Å². The molecule has 0 aliphatic rings. The highest BCUT2D eigenvalue weighted by Crippen LogP contribution is 2.19. The zero-order valence-electron chi connectivity index (χ0n) is 7.35. The molecule has 0 unspecified atom stereocenters. The molecule has 0 bridgehead atoms. The van der Waals surface area contributed by atoms with Crippen molar-refractivity contribution in [1.29, 1.82) is 0 Å². The van der Waals surface area contributed by atoms with E-state index in [0.717, 1.165) is 4.90 Å². The van der Waals surface area contributed by atoms with E-state index in [-0.39, 0.29) is 5.89 Å². The van der Waals surface area contributed by atoms with Crippen LogP contribution in [0.3, 0.4) is 0 Å². The summed E-state index contributed by atoms with van der Waals surface area (Å²) in [4.78, 5) is 15.8. The molecule has 0 saturated heterocycles. The predicted molar refractivity (Wildman–Crippen MR) is 52.6 cm³/mol. The molecule has 1 heterocycles. The minimum absolute atomic E-state index is 0.0403. The number of oxazole rings is 1. The SMILES string of the molecule is COC(=O)c1nc2ccc(S)cc2o1. The third-order valence-electron chi connectivity index (χ3n) is 1.73. The van der Waals surface area contributed by atoms with Gasteiger partial charge in [-0.1, -0.05) is 0 Å². The highest BCUT2D eigenvalue weighted by atomic mass is 32.1. The van der Waals surface area contributed by atoms with Gasteiger partial charge >= 0.3 is 11.9 Å². The molecule has 0 fully saturated rings. The maximum atomic E-state index is 11.1. The van der Waals surface area contributed by atoms with Crippen LogP contribution < -0.4 is 0 Å². The molecule has 0 radical (unpaired) electrons. The quantitative estimate of drug-likeness (QED) is 0.575. The van der Waals surface area contributed by atoms with Crippen molar-refractivity contribution in [2.24, 2.45) is 0 Å². The highest BCUT2D eigenvalue weighted by Gasteiger charge is 2.14. The fourth-order valence-corrected chi connectivity index (χ4v) is 1.28. The van der Waals surface area contributed by atoms with E-state index in [9.17, 15) is 4.79 Å². The number of aromatic nitrogens is 1. The first-order chi connectivity index (χ1) is 6.70. The van der Waals surface area contributed by atoms with Crippen LogP contribution in [0.1, 0.15) is 10.7 Å². The van der Waals surface area contributed by atoms with Crippen molar-refractivity contribution >= 4 is 29.7 Å². The molecule has 0 saturated carbocycles. The Hall–Kier alpha value is -1.49. The van der Waals surface area contributed by atoms with Crippen molar-refractivity contribution in [1.82, 2.24) is 4.98 Å². The van der Waals surface area contributed by atoms with Gasteiger partial charge in [-0.05, 0) is 18.2 Å². The topological polar surface area (TPSA) is 52.3 Å². The Morgan fingerprint density at radius 2 is 2.36 bits per heavy atom. The van der Waals surface area contributed by atoms with Crippen LogP contribution in [0.5, 0.6) is 0 Å². The number of hydrogen-bond donors (Lipinski definition) is 1. The number of fused-ring (bicyclic) bond motifs is 1. The second kappa shape index (κ2) is 3.34. The first-order valence-corrected chi connectivity index (χ1v) is 4.33. The van der Waals surface area contributed by atoms with Crippen molar-refractivity contribution in [2.45, 2.75) is 4.90 Å². The van der Waals surface area contributed by atoms with Crippen LogP contribution in [0, 0.1) is 0 Å². The van der Waals surface area contributed by atoms with Crippen molar-refractivity contribution in [3.63, 3.8) is 0 Å². The zero-order chi connectivity index (χ0) is 10.1. The highest BCUT2D eigenvalue weighted by molar-refractivity contribution is 7.80. The first-order valence-electron chi connectivity index (χ1n) is 3.88. The number of esters is 1. The van der Waals surface area contributed by atoms with Gasteiger partial charge in [-0.2, -0.15) is 0 Å². The molecule has 14 heavy (non-hydrogen) atoms. The molecule has 0 spiro atoms. The number of benzene rings is 1. The van der Waals surface area contributed by atoms with E-state index in [1.165, 1.54) is 7.11 Å². The Kier molecular flexibility index (Phi) is 2.17. The average molecular weight is 209 g/mol. The van der Waals surface area contributed by atoms with Crippen LogP contribution >= 0.6 is 12.6 Å². The number of rotatable bonds is 1. The summed E-state index contributed by atoms with van der Waals surface area (Å²) in [5, 5.41) is 0.